The summed E-state index contributed by atoms with van der Waals surface area (Å²) in [5, 5.41) is 9.82. The average Bonchev–Trinajstić information content (AvgIpc) is 2.45. The summed E-state index contributed by atoms with van der Waals surface area (Å²) in [7, 11) is 0. The van der Waals surface area contributed by atoms with E-state index in [2.05, 4.69) is 0 Å². The molecule has 100 valence electrons. The molecule has 0 amide bonds. The molecule has 0 saturated heterocycles. The Kier molecular flexibility index (Phi) is 5.06. The first-order valence-electron chi connectivity index (χ1n) is 7.20. The number of benzene rings is 1. The van der Waals surface area contributed by atoms with E-state index in [4.69, 9.17) is 4.74 Å². The quantitative estimate of drug-likeness (QED) is 0.850. The largest absolute Gasteiger partial charge is 0.493 e. The normalized spacial score (nSPS) is 18.6. The Morgan fingerprint density at radius 1 is 1.28 bits per heavy atom. The molecule has 0 unspecified atom stereocenters. The van der Waals surface area contributed by atoms with Crippen molar-refractivity contribution < 1.29 is 9.84 Å². The van der Waals surface area contributed by atoms with Gasteiger partial charge in [0.2, 0.25) is 0 Å². The Hall–Kier alpha value is -1.02. The van der Waals surface area contributed by atoms with Crippen LogP contribution in [0.4, 0.5) is 0 Å². The van der Waals surface area contributed by atoms with Crippen molar-refractivity contribution in [1.82, 2.24) is 0 Å². The van der Waals surface area contributed by atoms with Crippen molar-refractivity contribution in [2.24, 2.45) is 5.92 Å². The van der Waals surface area contributed by atoms with Gasteiger partial charge in [-0.05, 0) is 42.9 Å². The van der Waals surface area contributed by atoms with Gasteiger partial charge in [0.05, 0.1) is 12.7 Å². The molecule has 2 rings (SSSR count). The Bertz CT molecular complexity index is 356. The summed E-state index contributed by atoms with van der Waals surface area (Å²) in [6, 6.07) is 7.87. The molecule has 2 heteroatoms. The van der Waals surface area contributed by atoms with Crippen molar-refractivity contribution in [3.05, 3.63) is 29.8 Å². The standard InChI is InChI=1S/C16H24O2/c1-2-16(17)14-9-6-10-15(11-14)18-12-13-7-4-3-5-8-13/h6,9-11,13,16-17H,2-5,7-8,12H2,1H3/t16-/m1/s1. The van der Waals surface area contributed by atoms with Gasteiger partial charge >= 0.3 is 0 Å². The molecule has 1 aromatic carbocycles. The molecule has 1 aliphatic rings. The zero-order chi connectivity index (χ0) is 12.8. The van der Waals surface area contributed by atoms with Crippen molar-refractivity contribution in [3.8, 4) is 5.75 Å². The fourth-order valence-electron chi connectivity index (χ4n) is 2.62. The molecular formula is C16H24O2. The molecule has 0 aliphatic heterocycles. The zero-order valence-electron chi connectivity index (χ0n) is 11.3. The number of aliphatic hydroxyl groups is 1. The van der Waals surface area contributed by atoms with E-state index in [1.165, 1.54) is 32.1 Å². The van der Waals surface area contributed by atoms with Gasteiger partial charge < -0.3 is 9.84 Å². The van der Waals surface area contributed by atoms with Crippen LogP contribution in [0.1, 0.15) is 57.1 Å². The molecule has 1 aliphatic carbocycles. The second kappa shape index (κ2) is 6.79. The van der Waals surface area contributed by atoms with Crippen LogP contribution in [-0.2, 0) is 0 Å². The third kappa shape index (κ3) is 3.74. The highest BCUT2D eigenvalue weighted by Gasteiger charge is 2.14. The lowest BCUT2D eigenvalue weighted by molar-refractivity contribution is 0.172. The number of aliphatic hydroxyl groups excluding tert-OH is 1. The lowest BCUT2D eigenvalue weighted by Gasteiger charge is -2.22. The van der Waals surface area contributed by atoms with Crippen molar-refractivity contribution in [2.45, 2.75) is 51.6 Å². The van der Waals surface area contributed by atoms with Crippen LogP contribution in [-0.4, -0.2) is 11.7 Å². The first-order chi connectivity index (χ1) is 8.79. The van der Waals surface area contributed by atoms with Crippen molar-refractivity contribution >= 4 is 0 Å². The first kappa shape index (κ1) is 13.4. The minimum absolute atomic E-state index is 0.372. The summed E-state index contributed by atoms with van der Waals surface area (Å²) in [5.41, 5.74) is 0.957. The van der Waals surface area contributed by atoms with Crippen molar-refractivity contribution in [1.29, 1.82) is 0 Å². The van der Waals surface area contributed by atoms with E-state index >= 15 is 0 Å². The lowest BCUT2D eigenvalue weighted by atomic mass is 9.90. The Morgan fingerprint density at radius 3 is 2.78 bits per heavy atom. The van der Waals surface area contributed by atoms with Gasteiger partial charge in [0, 0.05) is 0 Å². The molecule has 1 N–H and O–H groups in total. The maximum absolute atomic E-state index is 9.82. The minimum Gasteiger partial charge on any atom is -0.493 e. The van der Waals surface area contributed by atoms with Gasteiger partial charge in [-0.15, -0.1) is 0 Å². The van der Waals surface area contributed by atoms with Gasteiger partial charge in [-0.3, -0.25) is 0 Å². The maximum atomic E-state index is 9.82. The number of ether oxygens (including phenoxy) is 1. The molecule has 1 fully saturated rings. The molecule has 0 radical (unpaired) electrons. The van der Waals surface area contributed by atoms with Crippen LogP contribution in [0.3, 0.4) is 0 Å². The second-order valence-corrected chi connectivity index (χ2v) is 5.31. The zero-order valence-corrected chi connectivity index (χ0v) is 11.3. The molecule has 0 aromatic heterocycles. The molecule has 18 heavy (non-hydrogen) atoms. The highest BCUT2D eigenvalue weighted by atomic mass is 16.5. The van der Waals surface area contributed by atoms with Crippen LogP contribution in [0.15, 0.2) is 24.3 Å². The van der Waals surface area contributed by atoms with Gasteiger partial charge in [0.15, 0.2) is 0 Å². The predicted molar refractivity (Wildman–Crippen MR) is 73.8 cm³/mol. The third-order valence-corrected chi connectivity index (χ3v) is 3.84. The third-order valence-electron chi connectivity index (χ3n) is 3.84. The predicted octanol–water partition coefficient (Wildman–Crippen LogP) is 4.09. The molecule has 1 atom stereocenters. The SMILES string of the molecule is CC[C@@H](O)c1cccc(OCC2CCCCC2)c1. The molecule has 1 aromatic rings. The smallest absolute Gasteiger partial charge is 0.119 e. The summed E-state index contributed by atoms with van der Waals surface area (Å²) in [6.07, 6.45) is 7.06. The molecule has 2 nitrogen and oxygen atoms in total. The van der Waals surface area contributed by atoms with Gasteiger partial charge in [-0.25, -0.2) is 0 Å². The monoisotopic (exact) mass is 248 g/mol. The fourth-order valence-corrected chi connectivity index (χ4v) is 2.62. The van der Waals surface area contributed by atoms with Crippen LogP contribution in [0.5, 0.6) is 5.75 Å². The highest BCUT2D eigenvalue weighted by Crippen LogP contribution is 2.26. The Labute approximate surface area is 110 Å². The van der Waals surface area contributed by atoms with E-state index in [-0.39, 0.29) is 6.10 Å². The van der Waals surface area contributed by atoms with Crippen molar-refractivity contribution in [2.75, 3.05) is 6.61 Å². The first-order valence-corrected chi connectivity index (χ1v) is 7.20. The van der Waals surface area contributed by atoms with Crippen LogP contribution >= 0.6 is 0 Å². The topological polar surface area (TPSA) is 29.5 Å². The second-order valence-electron chi connectivity index (χ2n) is 5.31. The van der Waals surface area contributed by atoms with Crippen LogP contribution in [0, 0.1) is 5.92 Å². The van der Waals surface area contributed by atoms with Gasteiger partial charge in [0.1, 0.15) is 5.75 Å². The highest BCUT2D eigenvalue weighted by molar-refractivity contribution is 5.29. The average molecular weight is 248 g/mol. The molecular weight excluding hydrogens is 224 g/mol. The number of hydrogen-bond acceptors (Lipinski definition) is 2. The van der Waals surface area contributed by atoms with Crippen LogP contribution < -0.4 is 4.74 Å². The summed E-state index contributed by atoms with van der Waals surface area (Å²) in [6.45, 7) is 2.81. The maximum Gasteiger partial charge on any atom is 0.119 e. The Balaban J connectivity index is 1.88. The molecule has 1 saturated carbocycles. The lowest BCUT2D eigenvalue weighted by Crippen LogP contribution is -2.15. The van der Waals surface area contributed by atoms with E-state index in [9.17, 15) is 5.11 Å². The van der Waals surface area contributed by atoms with Gasteiger partial charge in [0.25, 0.3) is 0 Å². The van der Waals surface area contributed by atoms with Crippen LogP contribution in [0.2, 0.25) is 0 Å². The summed E-state index contributed by atoms with van der Waals surface area (Å²) in [4.78, 5) is 0. The fraction of sp³-hybridized carbons (Fsp3) is 0.625. The van der Waals surface area contributed by atoms with Gasteiger partial charge in [-0.1, -0.05) is 38.3 Å². The van der Waals surface area contributed by atoms with E-state index in [1.807, 2.05) is 31.2 Å². The van der Waals surface area contributed by atoms with Crippen molar-refractivity contribution in [3.63, 3.8) is 0 Å². The van der Waals surface area contributed by atoms with Crippen LogP contribution in [0.25, 0.3) is 0 Å². The minimum atomic E-state index is -0.372. The summed E-state index contributed by atoms with van der Waals surface area (Å²) >= 11 is 0. The van der Waals surface area contributed by atoms with Gasteiger partial charge in [-0.2, -0.15) is 0 Å². The summed E-state index contributed by atoms with van der Waals surface area (Å²) in [5.74, 6) is 1.61. The number of hydrogen-bond donors (Lipinski definition) is 1. The van der Waals surface area contributed by atoms with E-state index < -0.39 is 0 Å². The molecule has 0 spiro atoms. The molecule has 0 heterocycles. The van der Waals surface area contributed by atoms with E-state index in [0.717, 1.165) is 30.3 Å². The Morgan fingerprint density at radius 2 is 2.06 bits per heavy atom. The van der Waals surface area contributed by atoms with E-state index in [0.29, 0.717) is 0 Å². The molecule has 0 bridgehead atoms. The summed E-state index contributed by atoms with van der Waals surface area (Å²) < 4.78 is 5.87. The number of rotatable bonds is 5. The van der Waals surface area contributed by atoms with E-state index in [1.54, 1.807) is 0 Å².